The van der Waals surface area contributed by atoms with Crippen molar-refractivity contribution in [1.82, 2.24) is 5.32 Å². The molecule has 0 saturated carbocycles. The lowest BCUT2D eigenvalue weighted by Crippen LogP contribution is -2.14. The summed E-state index contributed by atoms with van der Waals surface area (Å²) in [5, 5.41) is 12.2. The Balaban J connectivity index is 2.59. The van der Waals surface area contributed by atoms with Crippen molar-refractivity contribution < 1.29 is 5.11 Å². The van der Waals surface area contributed by atoms with E-state index < -0.39 is 0 Å². The minimum absolute atomic E-state index is 0.271. The molecule has 4 heteroatoms. The average molecular weight is 318 g/mol. The van der Waals surface area contributed by atoms with E-state index in [1.54, 1.807) is 0 Å². The largest absolute Gasteiger partial charge is 0.396 e. The zero-order valence-corrected chi connectivity index (χ0v) is 12.6. The van der Waals surface area contributed by atoms with E-state index in [9.17, 15) is 0 Å². The number of halogens is 1. The molecule has 0 radical (unpaired) electrons. The van der Waals surface area contributed by atoms with Gasteiger partial charge in [0.1, 0.15) is 0 Å². The fourth-order valence-corrected chi connectivity index (χ4v) is 2.86. The van der Waals surface area contributed by atoms with Crippen LogP contribution in [0.2, 0.25) is 0 Å². The second kappa shape index (κ2) is 8.97. The number of hydrogen-bond donors (Lipinski definition) is 2. The van der Waals surface area contributed by atoms with Crippen molar-refractivity contribution in [1.29, 1.82) is 0 Å². The first-order chi connectivity index (χ1) is 8.27. The van der Waals surface area contributed by atoms with Gasteiger partial charge in [-0.3, -0.25) is 0 Å². The molecule has 1 aromatic carbocycles. The first-order valence-corrected chi connectivity index (χ1v) is 7.78. The fraction of sp³-hybridized carbons (Fsp3) is 0.538. The smallest absolute Gasteiger partial charge is 0.0439 e. The molecule has 0 atom stereocenters. The van der Waals surface area contributed by atoms with Crippen molar-refractivity contribution >= 4 is 27.7 Å². The van der Waals surface area contributed by atoms with Crippen LogP contribution in [0.25, 0.3) is 0 Å². The molecule has 0 aliphatic rings. The normalized spacial score (nSPS) is 10.8. The maximum atomic E-state index is 8.80. The van der Waals surface area contributed by atoms with E-state index in [1.807, 2.05) is 11.8 Å². The van der Waals surface area contributed by atoms with Gasteiger partial charge in [0.2, 0.25) is 0 Å². The van der Waals surface area contributed by atoms with Crippen molar-refractivity contribution in [2.24, 2.45) is 0 Å². The lowest BCUT2D eigenvalue weighted by Gasteiger charge is -2.10. The number of hydrogen-bond acceptors (Lipinski definition) is 3. The van der Waals surface area contributed by atoms with Gasteiger partial charge >= 0.3 is 0 Å². The van der Waals surface area contributed by atoms with E-state index in [1.165, 1.54) is 10.5 Å². The highest BCUT2D eigenvalue weighted by Crippen LogP contribution is 2.26. The zero-order valence-electron chi connectivity index (χ0n) is 10.2. The van der Waals surface area contributed by atoms with E-state index in [4.69, 9.17) is 5.11 Å². The molecule has 1 rings (SSSR count). The van der Waals surface area contributed by atoms with E-state index in [0.717, 1.165) is 36.2 Å². The number of aliphatic hydroxyl groups excluding tert-OH is 1. The van der Waals surface area contributed by atoms with Crippen LogP contribution in [0, 0.1) is 0 Å². The Morgan fingerprint density at radius 3 is 2.94 bits per heavy atom. The molecule has 0 unspecified atom stereocenters. The number of aliphatic hydroxyl groups is 1. The third kappa shape index (κ3) is 5.91. The summed E-state index contributed by atoms with van der Waals surface area (Å²) < 4.78 is 1.12. The van der Waals surface area contributed by atoms with Gasteiger partial charge in [-0.2, -0.15) is 0 Å². The molecule has 1 aromatic rings. The number of rotatable bonds is 8. The Morgan fingerprint density at radius 1 is 1.41 bits per heavy atom. The third-order valence-electron chi connectivity index (χ3n) is 2.32. The van der Waals surface area contributed by atoms with Crippen LogP contribution >= 0.6 is 27.7 Å². The molecular weight excluding hydrogens is 298 g/mol. The highest BCUT2D eigenvalue weighted by atomic mass is 79.9. The second-order valence-electron chi connectivity index (χ2n) is 3.85. The Bertz CT molecular complexity index is 333. The molecule has 2 N–H and O–H groups in total. The van der Waals surface area contributed by atoms with Gasteiger partial charge < -0.3 is 10.4 Å². The van der Waals surface area contributed by atoms with E-state index in [2.05, 4.69) is 46.4 Å². The summed E-state index contributed by atoms with van der Waals surface area (Å²) in [6, 6.07) is 6.39. The summed E-state index contributed by atoms with van der Waals surface area (Å²) in [7, 11) is 0. The van der Waals surface area contributed by atoms with E-state index in [-0.39, 0.29) is 6.61 Å². The summed E-state index contributed by atoms with van der Waals surface area (Å²) in [6.07, 6.45) is 2.00. The van der Waals surface area contributed by atoms with Gasteiger partial charge in [-0.1, -0.05) is 22.9 Å². The molecule has 0 bridgehead atoms. The maximum Gasteiger partial charge on any atom is 0.0439 e. The Morgan fingerprint density at radius 2 is 2.24 bits per heavy atom. The van der Waals surface area contributed by atoms with Crippen LogP contribution in [0.15, 0.2) is 27.6 Å². The lowest BCUT2D eigenvalue weighted by molar-refractivity contribution is 0.296. The monoisotopic (exact) mass is 317 g/mol. The Labute approximate surface area is 116 Å². The molecule has 0 heterocycles. The number of nitrogens with one attached hydrogen (secondary N) is 1. The van der Waals surface area contributed by atoms with Gasteiger partial charge in [0.25, 0.3) is 0 Å². The van der Waals surface area contributed by atoms with Crippen molar-refractivity contribution in [3.63, 3.8) is 0 Å². The van der Waals surface area contributed by atoms with Crippen LogP contribution in [-0.2, 0) is 6.54 Å². The second-order valence-corrected chi connectivity index (χ2v) is 5.91. The standard InChI is InChI=1S/C13H20BrNOS/c1-2-6-15-10-11-9-12(14)4-5-13(11)17-8-3-7-16/h4-5,9,15-16H,2-3,6-8,10H2,1H3. The molecule has 2 nitrogen and oxygen atoms in total. The molecule has 0 fully saturated rings. The van der Waals surface area contributed by atoms with Crippen molar-refractivity contribution in [2.45, 2.75) is 31.2 Å². The van der Waals surface area contributed by atoms with Crippen LogP contribution < -0.4 is 5.32 Å². The molecule has 17 heavy (non-hydrogen) atoms. The van der Waals surface area contributed by atoms with E-state index >= 15 is 0 Å². The van der Waals surface area contributed by atoms with Crippen molar-refractivity contribution in [2.75, 3.05) is 18.9 Å². The summed E-state index contributed by atoms with van der Waals surface area (Å²) in [6.45, 7) is 4.40. The van der Waals surface area contributed by atoms with Crippen LogP contribution in [-0.4, -0.2) is 24.0 Å². The van der Waals surface area contributed by atoms with Crippen LogP contribution in [0.4, 0.5) is 0 Å². The summed E-state index contributed by atoms with van der Waals surface area (Å²) in [4.78, 5) is 1.31. The van der Waals surface area contributed by atoms with Crippen molar-refractivity contribution in [3.05, 3.63) is 28.2 Å². The lowest BCUT2D eigenvalue weighted by atomic mass is 10.2. The topological polar surface area (TPSA) is 32.3 Å². The summed E-state index contributed by atoms with van der Waals surface area (Å²) >= 11 is 5.33. The first kappa shape index (κ1) is 15.0. The van der Waals surface area contributed by atoms with Gasteiger partial charge in [0.05, 0.1) is 0 Å². The van der Waals surface area contributed by atoms with Crippen LogP contribution in [0.3, 0.4) is 0 Å². The molecule has 0 saturated heterocycles. The number of benzene rings is 1. The van der Waals surface area contributed by atoms with E-state index in [0.29, 0.717) is 0 Å². The molecule has 0 spiro atoms. The quantitative estimate of drug-likeness (QED) is 0.569. The molecular formula is C13H20BrNOS. The molecule has 0 amide bonds. The average Bonchev–Trinajstić information content (AvgIpc) is 2.32. The highest BCUT2D eigenvalue weighted by Gasteiger charge is 2.03. The molecule has 0 aliphatic carbocycles. The predicted octanol–water partition coefficient (Wildman–Crippen LogP) is 3.42. The van der Waals surface area contributed by atoms with Gasteiger partial charge in [-0.15, -0.1) is 11.8 Å². The van der Waals surface area contributed by atoms with Gasteiger partial charge in [-0.25, -0.2) is 0 Å². The minimum Gasteiger partial charge on any atom is -0.396 e. The molecule has 0 aromatic heterocycles. The summed E-state index contributed by atoms with van der Waals surface area (Å²) in [5.74, 6) is 0.971. The maximum absolute atomic E-state index is 8.80. The highest BCUT2D eigenvalue weighted by molar-refractivity contribution is 9.10. The molecule has 96 valence electrons. The van der Waals surface area contributed by atoms with Gasteiger partial charge in [0, 0.05) is 28.3 Å². The number of thioether (sulfide) groups is 1. The fourth-order valence-electron chi connectivity index (χ4n) is 1.47. The summed E-state index contributed by atoms with van der Waals surface area (Å²) in [5.41, 5.74) is 1.33. The van der Waals surface area contributed by atoms with Crippen molar-refractivity contribution in [3.8, 4) is 0 Å². The minimum atomic E-state index is 0.271. The Kier molecular flexibility index (Phi) is 7.93. The van der Waals surface area contributed by atoms with Gasteiger partial charge in [-0.05, 0) is 43.1 Å². The van der Waals surface area contributed by atoms with Crippen LogP contribution in [0.5, 0.6) is 0 Å². The predicted molar refractivity (Wildman–Crippen MR) is 78.6 cm³/mol. The first-order valence-electron chi connectivity index (χ1n) is 6.00. The Hall–Kier alpha value is -0.0300. The zero-order chi connectivity index (χ0) is 12.5. The van der Waals surface area contributed by atoms with Gasteiger partial charge in [0.15, 0.2) is 0 Å². The SMILES string of the molecule is CCCNCc1cc(Br)ccc1SCCCO. The molecule has 0 aliphatic heterocycles. The third-order valence-corrected chi connectivity index (χ3v) is 4.02. The van der Waals surface area contributed by atoms with Crippen LogP contribution in [0.1, 0.15) is 25.3 Å².